The molecule has 0 saturated carbocycles. The summed E-state index contributed by atoms with van der Waals surface area (Å²) in [6.07, 6.45) is 0.851. The van der Waals surface area contributed by atoms with Crippen LogP contribution in [0.25, 0.3) is 10.7 Å². The molecule has 1 aliphatic rings. The molecule has 2 N–H and O–H groups in total. The molecule has 1 saturated heterocycles. The van der Waals surface area contributed by atoms with Gasteiger partial charge in [-0.1, -0.05) is 11.4 Å². The molecule has 7 nitrogen and oxygen atoms in total. The van der Waals surface area contributed by atoms with Crippen molar-refractivity contribution >= 4 is 17.5 Å². The van der Waals surface area contributed by atoms with E-state index in [9.17, 15) is 0 Å². The standard InChI is InChI=1S/C12H19N7S/c1-4-9-10(20-18-15-9)11-14-12(17-16-11)19-5-7(2)13-8(3)6-19/h7-8,13H,4-6H2,1-3H3,(H,14,16,17). The number of H-pyrrole nitrogens is 1. The van der Waals surface area contributed by atoms with E-state index in [0.29, 0.717) is 12.1 Å². The van der Waals surface area contributed by atoms with Crippen LogP contribution in [0.1, 0.15) is 26.5 Å². The highest BCUT2D eigenvalue weighted by atomic mass is 32.1. The maximum absolute atomic E-state index is 4.62. The van der Waals surface area contributed by atoms with Crippen LogP contribution in [-0.4, -0.2) is 49.9 Å². The molecule has 1 fully saturated rings. The zero-order valence-electron chi connectivity index (χ0n) is 11.9. The molecular weight excluding hydrogens is 274 g/mol. The number of hydrogen-bond acceptors (Lipinski definition) is 7. The zero-order chi connectivity index (χ0) is 14.1. The quantitative estimate of drug-likeness (QED) is 0.881. The van der Waals surface area contributed by atoms with Crippen molar-refractivity contribution < 1.29 is 0 Å². The average Bonchev–Trinajstić information content (AvgIpc) is 3.06. The molecule has 2 aromatic rings. The molecule has 0 aliphatic carbocycles. The summed E-state index contributed by atoms with van der Waals surface area (Å²) in [6.45, 7) is 8.26. The number of nitrogens with one attached hydrogen (secondary N) is 2. The molecule has 3 heterocycles. The van der Waals surface area contributed by atoms with E-state index in [1.54, 1.807) is 0 Å². The van der Waals surface area contributed by atoms with Gasteiger partial charge in [0.2, 0.25) is 5.95 Å². The van der Waals surface area contributed by atoms with Gasteiger partial charge in [-0.15, -0.1) is 10.2 Å². The second-order valence-corrected chi connectivity index (χ2v) is 6.01. The highest BCUT2D eigenvalue weighted by Gasteiger charge is 2.24. The van der Waals surface area contributed by atoms with Gasteiger partial charge >= 0.3 is 0 Å². The van der Waals surface area contributed by atoms with E-state index in [1.807, 2.05) is 0 Å². The van der Waals surface area contributed by atoms with Crippen molar-refractivity contribution in [3.05, 3.63) is 5.69 Å². The lowest BCUT2D eigenvalue weighted by atomic mass is 10.1. The molecule has 3 rings (SSSR count). The van der Waals surface area contributed by atoms with E-state index in [0.717, 1.165) is 41.9 Å². The van der Waals surface area contributed by atoms with Gasteiger partial charge < -0.3 is 10.2 Å². The van der Waals surface area contributed by atoms with Crippen LogP contribution >= 0.6 is 11.5 Å². The SMILES string of the molecule is CCc1nnsc1-c1nc(N2CC(C)NC(C)C2)n[nH]1. The van der Waals surface area contributed by atoms with Crippen LogP contribution in [0.2, 0.25) is 0 Å². The maximum Gasteiger partial charge on any atom is 0.245 e. The largest absolute Gasteiger partial charge is 0.336 e. The summed E-state index contributed by atoms with van der Waals surface area (Å²) in [7, 11) is 0. The van der Waals surface area contributed by atoms with E-state index in [4.69, 9.17) is 0 Å². The van der Waals surface area contributed by atoms with E-state index < -0.39 is 0 Å². The predicted octanol–water partition coefficient (Wildman–Crippen LogP) is 1.07. The Morgan fingerprint density at radius 2 is 2.05 bits per heavy atom. The molecule has 0 spiro atoms. The second-order valence-electron chi connectivity index (χ2n) is 5.26. The van der Waals surface area contributed by atoms with Gasteiger partial charge in [0.15, 0.2) is 5.82 Å². The molecule has 20 heavy (non-hydrogen) atoms. The summed E-state index contributed by atoms with van der Waals surface area (Å²) in [5.74, 6) is 1.53. The summed E-state index contributed by atoms with van der Waals surface area (Å²) in [4.78, 5) is 7.82. The van der Waals surface area contributed by atoms with Gasteiger partial charge in [0.1, 0.15) is 4.88 Å². The number of hydrogen-bond donors (Lipinski definition) is 2. The first-order valence-electron chi connectivity index (χ1n) is 6.92. The van der Waals surface area contributed by atoms with Crippen LogP contribution in [-0.2, 0) is 6.42 Å². The number of aryl methyl sites for hydroxylation is 1. The molecule has 2 unspecified atom stereocenters. The topological polar surface area (TPSA) is 82.6 Å². The number of anilines is 1. The van der Waals surface area contributed by atoms with Gasteiger partial charge in [-0.3, -0.25) is 5.10 Å². The number of aromatic amines is 1. The van der Waals surface area contributed by atoms with Gasteiger partial charge in [0, 0.05) is 25.2 Å². The maximum atomic E-state index is 4.62. The van der Waals surface area contributed by atoms with E-state index in [-0.39, 0.29) is 0 Å². The molecular formula is C12H19N7S. The number of aromatic nitrogens is 5. The van der Waals surface area contributed by atoms with Gasteiger partial charge in [-0.05, 0) is 31.8 Å². The lowest BCUT2D eigenvalue weighted by molar-refractivity contribution is 0.403. The highest BCUT2D eigenvalue weighted by Crippen LogP contribution is 2.24. The van der Waals surface area contributed by atoms with Crippen molar-refractivity contribution in [1.82, 2.24) is 30.1 Å². The third kappa shape index (κ3) is 2.53. The van der Waals surface area contributed by atoms with Gasteiger partial charge in [0.25, 0.3) is 0 Å². The summed E-state index contributed by atoms with van der Waals surface area (Å²) in [5, 5.41) is 15.0. The molecule has 1 aliphatic heterocycles. The van der Waals surface area contributed by atoms with Crippen LogP contribution in [0.5, 0.6) is 0 Å². The van der Waals surface area contributed by atoms with Crippen LogP contribution in [0.3, 0.4) is 0 Å². The molecule has 0 radical (unpaired) electrons. The minimum atomic E-state index is 0.442. The van der Waals surface area contributed by atoms with Crippen molar-refractivity contribution in [3.8, 4) is 10.7 Å². The monoisotopic (exact) mass is 293 g/mol. The molecule has 8 heteroatoms. The van der Waals surface area contributed by atoms with Gasteiger partial charge in [-0.2, -0.15) is 4.98 Å². The van der Waals surface area contributed by atoms with Crippen LogP contribution in [0.4, 0.5) is 5.95 Å². The summed E-state index contributed by atoms with van der Waals surface area (Å²) in [6, 6.07) is 0.883. The fourth-order valence-electron chi connectivity index (χ4n) is 2.61. The summed E-state index contributed by atoms with van der Waals surface area (Å²) in [5.41, 5.74) is 0.972. The van der Waals surface area contributed by atoms with Crippen LogP contribution in [0.15, 0.2) is 0 Å². The number of piperazine rings is 1. The van der Waals surface area contributed by atoms with E-state index in [1.165, 1.54) is 11.5 Å². The second kappa shape index (κ2) is 5.45. The minimum absolute atomic E-state index is 0.442. The molecule has 0 bridgehead atoms. The smallest absolute Gasteiger partial charge is 0.245 e. The van der Waals surface area contributed by atoms with Crippen LogP contribution in [0, 0.1) is 0 Å². The van der Waals surface area contributed by atoms with Crippen molar-refractivity contribution in [2.45, 2.75) is 39.3 Å². The van der Waals surface area contributed by atoms with Crippen molar-refractivity contribution in [2.75, 3.05) is 18.0 Å². The average molecular weight is 293 g/mol. The normalized spacial score (nSPS) is 23.2. The number of nitrogens with zero attached hydrogens (tertiary/aromatic N) is 5. The van der Waals surface area contributed by atoms with E-state index in [2.05, 4.69) is 55.8 Å². The zero-order valence-corrected chi connectivity index (χ0v) is 12.7. The van der Waals surface area contributed by atoms with Crippen molar-refractivity contribution in [3.63, 3.8) is 0 Å². The third-order valence-electron chi connectivity index (χ3n) is 3.42. The molecule has 0 amide bonds. The Bertz CT molecular complexity index is 568. The Balaban J connectivity index is 1.83. The first-order valence-corrected chi connectivity index (χ1v) is 7.69. The highest BCUT2D eigenvalue weighted by molar-refractivity contribution is 7.09. The fourth-order valence-corrected chi connectivity index (χ4v) is 3.30. The lowest BCUT2D eigenvalue weighted by Crippen LogP contribution is -2.54. The Labute approximate surface area is 122 Å². The molecule has 108 valence electrons. The van der Waals surface area contributed by atoms with Crippen molar-refractivity contribution in [2.24, 2.45) is 0 Å². The Morgan fingerprint density at radius 3 is 2.75 bits per heavy atom. The first kappa shape index (κ1) is 13.4. The minimum Gasteiger partial charge on any atom is -0.336 e. The first-order chi connectivity index (χ1) is 9.67. The van der Waals surface area contributed by atoms with E-state index >= 15 is 0 Å². The predicted molar refractivity (Wildman–Crippen MR) is 78.9 cm³/mol. The Morgan fingerprint density at radius 1 is 1.30 bits per heavy atom. The molecule has 0 aromatic carbocycles. The molecule has 2 aromatic heterocycles. The van der Waals surface area contributed by atoms with Gasteiger partial charge in [-0.25, -0.2) is 0 Å². The van der Waals surface area contributed by atoms with Crippen molar-refractivity contribution in [1.29, 1.82) is 0 Å². The summed E-state index contributed by atoms with van der Waals surface area (Å²) >= 11 is 1.36. The third-order valence-corrected chi connectivity index (χ3v) is 4.19. The lowest BCUT2D eigenvalue weighted by Gasteiger charge is -2.35. The molecule has 2 atom stereocenters. The van der Waals surface area contributed by atoms with Gasteiger partial charge in [0.05, 0.1) is 5.69 Å². The Kier molecular flexibility index (Phi) is 3.66. The number of rotatable bonds is 3. The van der Waals surface area contributed by atoms with Crippen LogP contribution < -0.4 is 10.2 Å². The fraction of sp³-hybridized carbons (Fsp3) is 0.667. The Hall–Kier alpha value is -1.54. The summed E-state index contributed by atoms with van der Waals surface area (Å²) < 4.78 is 4.00.